The Kier molecular flexibility index (Phi) is 4.91. The van der Waals surface area contributed by atoms with Gasteiger partial charge in [0.15, 0.2) is 0 Å². The van der Waals surface area contributed by atoms with E-state index in [2.05, 4.69) is 5.32 Å². The number of nitrogens with one attached hydrogen (secondary N) is 1. The molecule has 0 saturated carbocycles. The lowest BCUT2D eigenvalue weighted by molar-refractivity contribution is -0.130. The molecule has 1 rings (SSSR count). The molecule has 0 unspecified atom stereocenters. The summed E-state index contributed by atoms with van der Waals surface area (Å²) in [6, 6.07) is 1.17. The van der Waals surface area contributed by atoms with Crippen LogP contribution >= 0.6 is 0 Å². The summed E-state index contributed by atoms with van der Waals surface area (Å²) in [5.74, 6) is -1.34. The third-order valence-electron chi connectivity index (χ3n) is 2.89. The summed E-state index contributed by atoms with van der Waals surface area (Å²) in [5.41, 5.74) is 5.22. The number of nitrogens with zero attached hydrogens (tertiary/aromatic N) is 1. The molecule has 3 N–H and O–H groups in total. The van der Waals surface area contributed by atoms with Crippen LogP contribution in [0.15, 0.2) is 0 Å². The summed E-state index contributed by atoms with van der Waals surface area (Å²) in [6.45, 7) is 2.65. The van der Waals surface area contributed by atoms with Gasteiger partial charge in [-0.05, 0) is 12.3 Å². The quantitative estimate of drug-likeness (QED) is 0.677. The second-order valence-electron chi connectivity index (χ2n) is 4.29. The standard InChI is InChI=1S/C11H17N3O3/c1-7(2-4-12)9(10(13)15)14-11(16)8-3-5-17-6-8/h7-9H,2-3,5-6H2,1H3,(H2,13,15)(H,14,16)/t7-,8-,9-/m1/s1. The molecule has 1 saturated heterocycles. The van der Waals surface area contributed by atoms with Crippen LogP contribution in [0.1, 0.15) is 19.8 Å². The van der Waals surface area contributed by atoms with E-state index in [9.17, 15) is 9.59 Å². The number of nitrogens with two attached hydrogens (primary N) is 1. The molecular weight excluding hydrogens is 222 g/mol. The van der Waals surface area contributed by atoms with Gasteiger partial charge < -0.3 is 15.8 Å². The third-order valence-corrected chi connectivity index (χ3v) is 2.89. The third kappa shape index (κ3) is 3.71. The van der Waals surface area contributed by atoms with E-state index in [-0.39, 0.29) is 24.2 Å². The van der Waals surface area contributed by atoms with Gasteiger partial charge in [-0.3, -0.25) is 9.59 Å². The van der Waals surface area contributed by atoms with E-state index in [0.717, 1.165) is 0 Å². The average molecular weight is 239 g/mol. The van der Waals surface area contributed by atoms with Gasteiger partial charge in [0, 0.05) is 13.0 Å². The first-order valence-corrected chi connectivity index (χ1v) is 5.60. The Labute approximate surface area is 100 Å². The van der Waals surface area contributed by atoms with Crippen LogP contribution in [0.4, 0.5) is 0 Å². The SMILES string of the molecule is C[C@H](CC#N)[C@@H](NC(=O)[C@@H]1CCOC1)C(N)=O. The molecule has 1 aliphatic rings. The van der Waals surface area contributed by atoms with Gasteiger partial charge in [0.1, 0.15) is 6.04 Å². The molecule has 0 radical (unpaired) electrons. The number of hydrogen-bond acceptors (Lipinski definition) is 4. The molecule has 0 aromatic heterocycles. The number of carbonyl (C=O) groups is 2. The summed E-state index contributed by atoms with van der Waals surface area (Å²) in [6.07, 6.45) is 0.832. The summed E-state index contributed by atoms with van der Waals surface area (Å²) >= 11 is 0. The molecule has 94 valence electrons. The summed E-state index contributed by atoms with van der Waals surface area (Å²) < 4.78 is 5.10. The predicted molar refractivity (Wildman–Crippen MR) is 59.4 cm³/mol. The number of carbonyl (C=O) groups excluding carboxylic acids is 2. The molecule has 3 atom stereocenters. The summed E-state index contributed by atoms with van der Waals surface area (Å²) in [4.78, 5) is 23.0. The molecule has 1 aliphatic heterocycles. The van der Waals surface area contributed by atoms with E-state index in [1.165, 1.54) is 0 Å². The predicted octanol–water partition coefficient (Wildman–Crippen LogP) is -0.457. The Morgan fingerprint density at radius 1 is 1.65 bits per heavy atom. The first-order chi connectivity index (χ1) is 8.06. The van der Waals surface area contributed by atoms with Crippen molar-refractivity contribution in [2.45, 2.75) is 25.8 Å². The average Bonchev–Trinajstić information content (AvgIpc) is 2.78. The van der Waals surface area contributed by atoms with Gasteiger partial charge in [-0.15, -0.1) is 0 Å². The van der Waals surface area contributed by atoms with Crippen LogP contribution < -0.4 is 11.1 Å². The molecule has 2 amide bonds. The van der Waals surface area contributed by atoms with Crippen molar-refractivity contribution in [2.24, 2.45) is 17.6 Å². The van der Waals surface area contributed by atoms with E-state index >= 15 is 0 Å². The van der Waals surface area contributed by atoms with Gasteiger partial charge in [0.05, 0.1) is 18.6 Å². The van der Waals surface area contributed by atoms with Gasteiger partial charge in [-0.25, -0.2) is 0 Å². The van der Waals surface area contributed by atoms with Crippen LogP contribution in [-0.2, 0) is 14.3 Å². The molecule has 17 heavy (non-hydrogen) atoms. The van der Waals surface area contributed by atoms with E-state index in [0.29, 0.717) is 19.6 Å². The minimum atomic E-state index is -0.789. The van der Waals surface area contributed by atoms with Crippen molar-refractivity contribution in [3.05, 3.63) is 0 Å². The van der Waals surface area contributed by atoms with Crippen molar-refractivity contribution in [1.29, 1.82) is 5.26 Å². The Balaban J connectivity index is 2.57. The zero-order valence-corrected chi connectivity index (χ0v) is 9.81. The van der Waals surface area contributed by atoms with Crippen molar-refractivity contribution in [1.82, 2.24) is 5.32 Å². The molecule has 0 aromatic carbocycles. The summed E-state index contributed by atoms with van der Waals surface area (Å²) in [7, 11) is 0. The first kappa shape index (κ1) is 13.5. The number of nitriles is 1. The number of hydrogen-bond donors (Lipinski definition) is 2. The van der Waals surface area contributed by atoms with E-state index in [4.69, 9.17) is 15.7 Å². The van der Waals surface area contributed by atoms with Crippen molar-refractivity contribution in [3.63, 3.8) is 0 Å². The van der Waals surface area contributed by atoms with Crippen molar-refractivity contribution in [2.75, 3.05) is 13.2 Å². The number of rotatable bonds is 5. The second kappa shape index (κ2) is 6.21. The maximum atomic E-state index is 11.8. The fourth-order valence-corrected chi connectivity index (χ4v) is 1.77. The van der Waals surface area contributed by atoms with Crippen LogP contribution in [-0.4, -0.2) is 31.1 Å². The zero-order valence-electron chi connectivity index (χ0n) is 9.81. The Morgan fingerprint density at radius 3 is 2.82 bits per heavy atom. The molecule has 6 heteroatoms. The van der Waals surface area contributed by atoms with Crippen molar-refractivity contribution >= 4 is 11.8 Å². The molecular formula is C11H17N3O3. The van der Waals surface area contributed by atoms with Crippen LogP contribution in [0, 0.1) is 23.2 Å². The Bertz CT molecular complexity index is 331. The van der Waals surface area contributed by atoms with E-state index < -0.39 is 11.9 Å². The van der Waals surface area contributed by atoms with E-state index in [1.807, 2.05) is 6.07 Å². The lowest BCUT2D eigenvalue weighted by Crippen LogP contribution is -2.50. The molecule has 1 heterocycles. The normalized spacial score (nSPS) is 22.5. The molecule has 0 spiro atoms. The van der Waals surface area contributed by atoms with Crippen molar-refractivity contribution in [3.8, 4) is 6.07 Å². The zero-order chi connectivity index (χ0) is 12.8. The van der Waals surface area contributed by atoms with Gasteiger partial charge in [-0.2, -0.15) is 5.26 Å². The molecule has 0 aliphatic carbocycles. The monoisotopic (exact) mass is 239 g/mol. The highest BCUT2D eigenvalue weighted by atomic mass is 16.5. The number of ether oxygens (including phenoxy) is 1. The van der Waals surface area contributed by atoms with Gasteiger partial charge in [0.2, 0.25) is 11.8 Å². The Hall–Kier alpha value is -1.61. The molecule has 0 bridgehead atoms. The van der Waals surface area contributed by atoms with Crippen LogP contribution in [0.2, 0.25) is 0 Å². The fourth-order valence-electron chi connectivity index (χ4n) is 1.77. The highest BCUT2D eigenvalue weighted by Crippen LogP contribution is 2.14. The largest absolute Gasteiger partial charge is 0.381 e. The van der Waals surface area contributed by atoms with Crippen LogP contribution in [0.25, 0.3) is 0 Å². The van der Waals surface area contributed by atoms with Gasteiger partial charge >= 0.3 is 0 Å². The highest BCUT2D eigenvalue weighted by molar-refractivity contribution is 5.87. The van der Waals surface area contributed by atoms with Gasteiger partial charge in [0.25, 0.3) is 0 Å². The fraction of sp³-hybridized carbons (Fsp3) is 0.727. The highest BCUT2D eigenvalue weighted by Gasteiger charge is 2.29. The second-order valence-corrected chi connectivity index (χ2v) is 4.29. The maximum absolute atomic E-state index is 11.8. The van der Waals surface area contributed by atoms with Crippen LogP contribution in [0.3, 0.4) is 0 Å². The minimum Gasteiger partial charge on any atom is -0.381 e. The number of primary amides is 1. The maximum Gasteiger partial charge on any atom is 0.240 e. The lowest BCUT2D eigenvalue weighted by Gasteiger charge is -2.21. The first-order valence-electron chi connectivity index (χ1n) is 5.60. The molecule has 0 aromatic rings. The van der Waals surface area contributed by atoms with Crippen molar-refractivity contribution < 1.29 is 14.3 Å². The number of amides is 2. The Morgan fingerprint density at radius 2 is 2.35 bits per heavy atom. The molecule has 1 fully saturated rings. The summed E-state index contributed by atoms with van der Waals surface area (Å²) in [5, 5.41) is 11.2. The van der Waals surface area contributed by atoms with Gasteiger partial charge in [-0.1, -0.05) is 6.92 Å². The minimum absolute atomic E-state index is 0.176. The smallest absolute Gasteiger partial charge is 0.240 e. The van der Waals surface area contributed by atoms with Crippen LogP contribution in [0.5, 0.6) is 0 Å². The molecule has 6 nitrogen and oxygen atoms in total. The van der Waals surface area contributed by atoms with E-state index in [1.54, 1.807) is 6.92 Å². The lowest BCUT2D eigenvalue weighted by atomic mass is 9.97. The topological polar surface area (TPSA) is 105 Å².